The maximum absolute atomic E-state index is 10.6. The molecule has 0 heterocycles. The Balaban J connectivity index is 4.18. The van der Waals surface area contributed by atoms with Gasteiger partial charge in [0.2, 0.25) is 0 Å². The predicted octanol–water partition coefficient (Wildman–Crippen LogP) is -0.528. The molecule has 0 N–H and O–H groups in total. The molecule has 0 aromatic carbocycles. The molecule has 0 saturated carbocycles. The quantitative estimate of drug-likeness (QED) is 0.328. The van der Waals surface area contributed by atoms with Gasteiger partial charge in [-0.25, -0.2) is 0 Å². The van der Waals surface area contributed by atoms with Gasteiger partial charge in [-0.1, -0.05) is 0 Å². The van der Waals surface area contributed by atoms with E-state index in [1.807, 2.05) is 0 Å². The van der Waals surface area contributed by atoms with E-state index in [2.05, 4.69) is 4.74 Å². The average molecular weight is 192 g/mol. The first-order valence-corrected chi connectivity index (χ1v) is 3.29. The van der Waals surface area contributed by atoms with Crippen molar-refractivity contribution in [1.29, 1.82) is 0 Å². The Hall–Kier alpha value is -1.73. The van der Waals surface area contributed by atoms with E-state index in [1.54, 1.807) is 0 Å². The highest BCUT2D eigenvalue weighted by Crippen LogP contribution is 1.99. The standard InChI is InChI=1S/C5H8N2O6/c1-13-5(8)2-4(7(11)12)3-6(9)10/h4H,2-3H2,1H3. The Morgan fingerprint density at radius 3 is 2.31 bits per heavy atom. The lowest BCUT2D eigenvalue weighted by Crippen LogP contribution is -2.31. The van der Waals surface area contributed by atoms with Gasteiger partial charge >= 0.3 is 5.97 Å². The summed E-state index contributed by atoms with van der Waals surface area (Å²) in [5.41, 5.74) is 0. The van der Waals surface area contributed by atoms with E-state index >= 15 is 0 Å². The molecule has 0 aromatic rings. The Bertz CT molecular complexity index is 227. The maximum Gasteiger partial charge on any atom is 0.312 e. The zero-order valence-electron chi connectivity index (χ0n) is 6.84. The van der Waals surface area contributed by atoms with E-state index in [1.165, 1.54) is 0 Å². The third-order valence-electron chi connectivity index (χ3n) is 1.29. The molecule has 0 bridgehead atoms. The minimum atomic E-state index is -1.51. The van der Waals surface area contributed by atoms with Crippen LogP contribution in [0.1, 0.15) is 6.42 Å². The van der Waals surface area contributed by atoms with Gasteiger partial charge in [0.05, 0.1) is 7.11 Å². The first-order valence-electron chi connectivity index (χ1n) is 3.29. The number of hydrogen-bond acceptors (Lipinski definition) is 6. The van der Waals surface area contributed by atoms with E-state index in [9.17, 15) is 25.0 Å². The summed E-state index contributed by atoms with van der Waals surface area (Å²) in [6.45, 7) is -0.873. The van der Waals surface area contributed by atoms with Crippen LogP contribution in [0.25, 0.3) is 0 Å². The number of carbonyl (C=O) groups excluding carboxylic acids is 1. The summed E-state index contributed by atoms with van der Waals surface area (Å²) >= 11 is 0. The summed E-state index contributed by atoms with van der Waals surface area (Å²) in [5.74, 6) is -0.830. The molecule has 8 nitrogen and oxygen atoms in total. The van der Waals surface area contributed by atoms with Crippen molar-refractivity contribution < 1.29 is 19.4 Å². The molecule has 0 fully saturated rings. The maximum atomic E-state index is 10.6. The molecule has 8 heteroatoms. The van der Waals surface area contributed by atoms with Gasteiger partial charge in [-0.2, -0.15) is 0 Å². The topological polar surface area (TPSA) is 113 Å². The molecule has 0 aliphatic rings. The second kappa shape index (κ2) is 5.01. The Morgan fingerprint density at radius 1 is 1.46 bits per heavy atom. The molecule has 0 aliphatic heterocycles. The molecule has 0 aromatic heterocycles. The molecule has 1 atom stereocenters. The summed E-state index contributed by atoms with van der Waals surface area (Å²) in [4.78, 5) is 29.0. The van der Waals surface area contributed by atoms with Crippen molar-refractivity contribution in [1.82, 2.24) is 0 Å². The van der Waals surface area contributed by atoms with Crippen molar-refractivity contribution >= 4 is 5.97 Å². The van der Waals surface area contributed by atoms with Crippen molar-refractivity contribution in [2.45, 2.75) is 12.5 Å². The lowest BCUT2D eigenvalue weighted by Gasteiger charge is -2.02. The lowest BCUT2D eigenvalue weighted by atomic mass is 10.2. The van der Waals surface area contributed by atoms with Crippen LogP contribution in [-0.4, -0.2) is 35.5 Å². The molecule has 13 heavy (non-hydrogen) atoms. The van der Waals surface area contributed by atoms with Crippen molar-refractivity contribution in [2.24, 2.45) is 0 Å². The average Bonchev–Trinajstić information content (AvgIpc) is 2.02. The first kappa shape index (κ1) is 11.3. The largest absolute Gasteiger partial charge is 0.469 e. The monoisotopic (exact) mass is 192 g/mol. The smallest absolute Gasteiger partial charge is 0.312 e. The van der Waals surface area contributed by atoms with Gasteiger partial charge in [0.15, 0.2) is 0 Å². The van der Waals surface area contributed by atoms with Crippen molar-refractivity contribution in [3.8, 4) is 0 Å². The number of carbonyl (C=O) groups is 1. The van der Waals surface area contributed by atoms with Gasteiger partial charge in [-0.15, -0.1) is 0 Å². The highest BCUT2D eigenvalue weighted by molar-refractivity contribution is 5.69. The fourth-order valence-electron chi connectivity index (χ4n) is 0.654. The van der Waals surface area contributed by atoms with Gasteiger partial charge in [-0.3, -0.25) is 25.0 Å². The number of nitrogens with zero attached hydrogens (tertiary/aromatic N) is 2. The Kier molecular flexibility index (Phi) is 4.34. The Labute approximate surface area is 72.8 Å². The molecular formula is C5H8N2O6. The third kappa shape index (κ3) is 4.67. The van der Waals surface area contributed by atoms with Crippen LogP contribution in [0.5, 0.6) is 0 Å². The Morgan fingerprint density at radius 2 is 2.00 bits per heavy atom. The summed E-state index contributed by atoms with van der Waals surface area (Å²) in [7, 11) is 1.06. The normalized spacial score (nSPS) is 11.8. The van der Waals surface area contributed by atoms with Crippen LogP contribution in [0, 0.1) is 20.2 Å². The highest BCUT2D eigenvalue weighted by Gasteiger charge is 2.29. The number of methoxy groups -OCH3 is 1. The van der Waals surface area contributed by atoms with E-state index in [0.29, 0.717) is 0 Å². The zero-order valence-corrected chi connectivity index (χ0v) is 6.84. The fraction of sp³-hybridized carbons (Fsp3) is 0.800. The van der Waals surface area contributed by atoms with Crippen molar-refractivity contribution in [2.75, 3.05) is 13.7 Å². The number of rotatable bonds is 5. The van der Waals surface area contributed by atoms with E-state index < -0.39 is 34.8 Å². The first-order chi connectivity index (χ1) is 5.97. The van der Waals surface area contributed by atoms with E-state index in [4.69, 9.17) is 0 Å². The molecular weight excluding hydrogens is 184 g/mol. The van der Waals surface area contributed by atoms with Crippen LogP contribution in [0.2, 0.25) is 0 Å². The molecule has 1 unspecified atom stereocenters. The van der Waals surface area contributed by atoms with Crippen molar-refractivity contribution in [3.63, 3.8) is 0 Å². The third-order valence-corrected chi connectivity index (χ3v) is 1.29. The number of esters is 1. The molecule has 0 radical (unpaired) electrons. The second-order valence-electron chi connectivity index (χ2n) is 2.23. The highest BCUT2D eigenvalue weighted by atomic mass is 16.6. The molecule has 0 aliphatic carbocycles. The van der Waals surface area contributed by atoms with Crippen LogP contribution in [0.15, 0.2) is 0 Å². The van der Waals surface area contributed by atoms with Crippen LogP contribution < -0.4 is 0 Å². The zero-order chi connectivity index (χ0) is 10.4. The molecule has 0 rings (SSSR count). The van der Waals surface area contributed by atoms with E-state index in [0.717, 1.165) is 7.11 Å². The molecule has 74 valence electrons. The van der Waals surface area contributed by atoms with Crippen LogP contribution in [-0.2, 0) is 9.53 Å². The van der Waals surface area contributed by atoms with E-state index in [-0.39, 0.29) is 0 Å². The van der Waals surface area contributed by atoms with Crippen LogP contribution in [0.4, 0.5) is 0 Å². The molecule has 0 saturated heterocycles. The minimum Gasteiger partial charge on any atom is -0.469 e. The van der Waals surface area contributed by atoms with Crippen LogP contribution in [0.3, 0.4) is 0 Å². The number of nitro groups is 2. The van der Waals surface area contributed by atoms with Crippen LogP contribution >= 0.6 is 0 Å². The van der Waals surface area contributed by atoms with Gasteiger partial charge < -0.3 is 4.74 Å². The van der Waals surface area contributed by atoms with Gasteiger partial charge in [-0.05, 0) is 0 Å². The summed E-state index contributed by atoms with van der Waals surface area (Å²) in [6, 6.07) is -1.51. The summed E-state index contributed by atoms with van der Waals surface area (Å²) in [6.07, 6.45) is -0.579. The second-order valence-corrected chi connectivity index (χ2v) is 2.23. The molecule has 0 spiro atoms. The summed E-state index contributed by atoms with van der Waals surface area (Å²) < 4.78 is 4.15. The molecule has 0 amide bonds. The predicted molar refractivity (Wildman–Crippen MR) is 39.3 cm³/mol. The number of hydrogen-bond donors (Lipinski definition) is 0. The van der Waals surface area contributed by atoms with Gasteiger partial charge in [0, 0.05) is 9.85 Å². The van der Waals surface area contributed by atoms with Gasteiger partial charge in [0.1, 0.15) is 6.42 Å². The van der Waals surface area contributed by atoms with Crippen molar-refractivity contribution in [3.05, 3.63) is 20.2 Å². The lowest BCUT2D eigenvalue weighted by molar-refractivity contribution is -0.587. The number of ether oxygens (including phenoxy) is 1. The van der Waals surface area contributed by atoms with Gasteiger partial charge in [0.25, 0.3) is 12.6 Å². The minimum absolute atomic E-state index is 0.579. The fourth-order valence-corrected chi connectivity index (χ4v) is 0.654. The summed E-state index contributed by atoms with van der Waals surface area (Å²) in [5, 5.41) is 20.1. The SMILES string of the molecule is COC(=O)CC(C[N+](=O)[O-])[N+](=O)[O-].